The summed E-state index contributed by atoms with van der Waals surface area (Å²) in [7, 11) is 1.84. The van der Waals surface area contributed by atoms with Gasteiger partial charge in [-0.05, 0) is 28.9 Å². The molecular weight excluding hydrogens is 286 g/mol. The van der Waals surface area contributed by atoms with Gasteiger partial charge in [-0.3, -0.25) is 4.79 Å². The van der Waals surface area contributed by atoms with Crippen molar-refractivity contribution < 1.29 is 4.79 Å². The minimum Gasteiger partial charge on any atom is -0.356 e. The molecule has 0 saturated heterocycles. The molecule has 2 heterocycles. The Morgan fingerprint density at radius 3 is 2.94 bits per heavy atom. The molecule has 0 aliphatic heterocycles. The zero-order valence-corrected chi connectivity index (χ0v) is 11.0. The van der Waals surface area contributed by atoms with Crippen molar-refractivity contribution in [1.29, 1.82) is 0 Å². The first-order valence-corrected chi connectivity index (χ1v) is 5.86. The van der Waals surface area contributed by atoms with E-state index in [4.69, 9.17) is 0 Å². The quantitative estimate of drug-likeness (QED) is 0.899. The molecule has 2 rings (SSSR count). The number of hydrogen-bond acceptors (Lipinski definition) is 3. The van der Waals surface area contributed by atoms with Gasteiger partial charge in [0.1, 0.15) is 12.0 Å². The highest BCUT2D eigenvalue weighted by molar-refractivity contribution is 9.10. The monoisotopic (exact) mass is 297 g/mol. The summed E-state index contributed by atoms with van der Waals surface area (Å²) in [5, 5.41) is 10.6. The van der Waals surface area contributed by atoms with Gasteiger partial charge in [-0.2, -0.15) is 0 Å². The van der Waals surface area contributed by atoms with Crippen LogP contribution in [0.25, 0.3) is 0 Å². The van der Waals surface area contributed by atoms with E-state index in [0.29, 0.717) is 11.5 Å². The van der Waals surface area contributed by atoms with Crippen LogP contribution in [0.3, 0.4) is 0 Å². The summed E-state index contributed by atoms with van der Waals surface area (Å²) in [6.45, 7) is 1.86. The summed E-state index contributed by atoms with van der Waals surface area (Å²) >= 11 is 3.28. The van der Waals surface area contributed by atoms with E-state index in [-0.39, 0.29) is 11.9 Å². The lowest BCUT2D eigenvalue weighted by molar-refractivity contribution is 0.0933. The number of amides is 1. The van der Waals surface area contributed by atoms with Gasteiger partial charge in [0.15, 0.2) is 5.82 Å². The number of halogens is 1. The summed E-state index contributed by atoms with van der Waals surface area (Å²) in [5.74, 6) is 0.537. The Bertz CT molecular complexity index is 532. The Labute approximate surface area is 107 Å². The Morgan fingerprint density at radius 2 is 2.41 bits per heavy atom. The van der Waals surface area contributed by atoms with Gasteiger partial charge in [-0.25, -0.2) is 0 Å². The topological polar surface area (TPSA) is 75.6 Å². The normalized spacial score (nSPS) is 12.4. The maximum Gasteiger partial charge on any atom is 0.268 e. The van der Waals surface area contributed by atoms with Crippen molar-refractivity contribution in [2.45, 2.75) is 13.0 Å². The maximum atomic E-state index is 11.9. The molecule has 90 valence electrons. The Balaban J connectivity index is 2.07. The second-order valence-corrected chi connectivity index (χ2v) is 4.64. The van der Waals surface area contributed by atoms with Crippen molar-refractivity contribution >= 4 is 21.8 Å². The van der Waals surface area contributed by atoms with Gasteiger partial charge >= 0.3 is 0 Å². The molecule has 0 bridgehead atoms. The first-order chi connectivity index (χ1) is 8.08. The summed E-state index contributed by atoms with van der Waals surface area (Å²) < 4.78 is 2.62. The van der Waals surface area contributed by atoms with Crippen LogP contribution in [0.1, 0.15) is 29.3 Å². The summed E-state index contributed by atoms with van der Waals surface area (Å²) in [6.07, 6.45) is 3.31. The van der Waals surface area contributed by atoms with E-state index in [1.165, 1.54) is 0 Å². The van der Waals surface area contributed by atoms with Crippen molar-refractivity contribution in [1.82, 2.24) is 25.1 Å². The molecule has 6 nitrogen and oxygen atoms in total. The molecular formula is C10H12BrN5O. The molecule has 7 heteroatoms. The molecule has 2 aromatic rings. The number of carbonyl (C=O) groups is 1. The Kier molecular flexibility index (Phi) is 3.28. The maximum absolute atomic E-state index is 11.9. The summed E-state index contributed by atoms with van der Waals surface area (Å²) in [5.41, 5.74) is 0.505. The second kappa shape index (κ2) is 4.70. The largest absolute Gasteiger partial charge is 0.356 e. The van der Waals surface area contributed by atoms with Gasteiger partial charge < -0.3 is 14.9 Å². The lowest BCUT2D eigenvalue weighted by Gasteiger charge is -2.11. The van der Waals surface area contributed by atoms with Crippen molar-refractivity contribution in [2.24, 2.45) is 7.05 Å². The standard InChI is InChI=1S/C10H12BrN5O/c1-6(9-15-13-5-16(9)2)14-10(17)8-3-7(11)4-12-8/h3-6,12H,1-2H3,(H,14,17). The van der Waals surface area contributed by atoms with Crippen LogP contribution in [0.15, 0.2) is 23.1 Å². The highest BCUT2D eigenvalue weighted by Gasteiger charge is 2.16. The predicted octanol–water partition coefficient (Wildman–Crippen LogP) is 1.40. The lowest BCUT2D eigenvalue weighted by atomic mass is 10.3. The van der Waals surface area contributed by atoms with E-state index in [0.717, 1.165) is 4.47 Å². The average Bonchev–Trinajstić information content (AvgIpc) is 2.86. The van der Waals surface area contributed by atoms with Crippen LogP contribution < -0.4 is 5.32 Å². The fourth-order valence-corrected chi connectivity index (χ4v) is 1.87. The number of aromatic amines is 1. The fraction of sp³-hybridized carbons (Fsp3) is 0.300. The van der Waals surface area contributed by atoms with Crippen LogP contribution in [-0.4, -0.2) is 25.7 Å². The molecule has 0 aromatic carbocycles. The van der Waals surface area contributed by atoms with Crippen molar-refractivity contribution in [3.63, 3.8) is 0 Å². The fourth-order valence-electron chi connectivity index (χ4n) is 1.52. The molecule has 2 aromatic heterocycles. The smallest absolute Gasteiger partial charge is 0.268 e. The number of aromatic nitrogens is 4. The second-order valence-electron chi connectivity index (χ2n) is 3.73. The summed E-state index contributed by atoms with van der Waals surface area (Å²) in [4.78, 5) is 14.7. The molecule has 0 aliphatic rings. The van der Waals surface area contributed by atoms with Crippen molar-refractivity contribution in [2.75, 3.05) is 0 Å². The molecule has 0 aliphatic carbocycles. The van der Waals surface area contributed by atoms with Gasteiger partial charge in [-0.1, -0.05) is 0 Å². The lowest BCUT2D eigenvalue weighted by Crippen LogP contribution is -2.28. The van der Waals surface area contributed by atoms with E-state index in [9.17, 15) is 4.79 Å². The third kappa shape index (κ3) is 2.55. The summed E-state index contributed by atoms with van der Waals surface area (Å²) in [6, 6.07) is 1.52. The SMILES string of the molecule is CC(NC(=O)c1cc(Br)c[nH]1)c1nncn1C. The van der Waals surface area contributed by atoms with E-state index in [1.54, 1.807) is 23.2 Å². The molecule has 1 atom stereocenters. The number of carbonyl (C=O) groups excluding carboxylic acids is 1. The molecule has 2 N–H and O–H groups in total. The number of nitrogens with zero attached hydrogens (tertiary/aromatic N) is 3. The van der Waals surface area contributed by atoms with Gasteiger partial charge in [0.05, 0.1) is 6.04 Å². The predicted molar refractivity (Wildman–Crippen MR) is 65.4 cm³/mol. The van der Waals surface area contributed by atoms with Crippen LogP contribution in [0.5, 0.6) is 0 Å². The highest BCUT2D eigenvalue weighted by atomic mass is 79.9. The molecule has 0 spiro atoms. The first kappa shape index (κ1) is 11.8. The molecule has 17 heavy (non-hydrogen) atoms. The molecule has 1 amide bonds. The molecule has 0 saturated carbocycles. The van der Waals surface area contributed by atoms with E-state index >= 15 is 0 Å². The first-order valence-electron chi connectivity index (χ1n) is 5.06. The molecule has 0 fully saturated rings. The van der Waals surface area contributed by atoms with E-state index in [1.807, 2.05) is 14.0 Å². The number of hydrogen-bond donors (Lipinski definition) is 2. The third-order valence-corrected chi connectivity index (χ3v) is 2.83. The van der Waals surface area contributed by atoms with Gasteiger partial charge in [0, 0.05) is 17.7 Å². The minimum atomic E-state index is -0.197. The number of H-pyrrole nitrogens is 1. The number of aryl methyl sites for hydroxylation is 1. The van der Waals surface area contributed by atoms with Gasteiger partial charge in [-0.15, -0.1) is 10.2 Å². The van der Waals surface area contributed by atoms with Crippen molar-refractivity contribution in [3.05, 3.63) is 34.6 Å². The number of rotatable bonds is 3. The Morgan fingerprint density at radius 1 is 1.65 bits per heavy atom. The number of nitrogens with one attached hydrogen (secondary N) is 2. The molecule has 1 unspecified atom stereocenters. The van der Waals surface area contributed by atoms with Crippen LogP contribution in [-0.2, 0) is 7.05 Å². The van der Waals surface area contributed by atoms with Crippen LogP contribution >= 0.6 is 15.9 Å². The zero-order valence-electron chi connectivity index (χ0n) is 9.44. The van der Waals surface area contributed by atoms with Crippen LogP contribution in [0.4, 0.5) is 0 Å². The Hall–Kier alpha value is -1.63. The van der Waals surface area contributed by atoms with Gasteiger partial charge in [0.2, 0.25) is 0 Å². The minimum absolute atomic E-state index is 0.175. The highest BCUT2D eigenvalue weighted by Crippen LogP contribution is 2.12. The van der Waals surface area contributed by atoms with E-state index < -0.39 is 0 Å². The average molecular weight is 298 g/mol. The zero-order chi connectivity index (χ0) is 12.4. The van der Waals surface area contributed by atoms with Crippen LogP contribution in [0.2, 0.25) is 0 Å². The van der Waals surface area contributed by atoms with Gasteiger partial charge in [0.25, 0.3) is 5.91 Å². The third-order valence-electron chi connectivity index (χ3n) is 2.37. The van der Waals surface area contributed by atoms with E-state index in [2.05, 4.69) is 36.4 Å². The van der Waals surface area contributed by atoms with Crippen LogP contribution in [0, 0.1) is 0 Å². The van der Waals surface area contributed by atoms with Crippen molar-refractivity contribution in [3.8, 4) is 0 Å². The molecule has 0 radical (unpaired) electrons.